The third kappa shape index (κ3) is 4.62. The predicted molar refractivity (Wildman–Crippen MR) is 86.4 cm³/mol. The number of imide groups is 1. The lowest BCUT2D eigenvalue weighted by Gasteiger charge is -2.12. The Labute approximate surface area is 141 Å². The van der Waals surface area contributed by atoms with Crippen LogP contribution >= 0.6 is 0 Å². The van der Waals surface area contributed by atoms with E-state index in [9.17, 15) is 14.4 Å². The van der Waals surface area contributed by atoms with Crippen LogP contribution in [0.15, 0.2) is 6.20 Å². The maximum absolute atomic E-state index is 12.1. The second-order valence-electron chi connectivity index (χ2n) is 6.55. The van der Waals surface area contributed by atoms with E-state index in [0.29, 0.717) is 37.5 Å². The summed E-state index contributed by atoms with van der Waals surface area (Å²) in [5.41, 5.74) is 0.552. The summed E-state index contributed by atoms with van der Waals surface area (Å²) in [5, 5.41) is 10.8. The largest absolute Gasteiger partial charge is 0.356 e. The molecule has 8 heteroatoms. The molecule has 1 saturated heterocycles. The van der Waals surface area contributed by atoms with E-state index in [-0.39, 0.29) is 36.6 Å². The van der Waals surface area contributed by atoms with E-state index < -0.39 is 0 Å². The van der Waals surface area contributed by atoms with Crippen molar-refractivity contribution < 1.29 is 14.4 Å². The van der Waals surface area contributed by atoms with Gasteiger partial charge in [0.05, 0.1) is 19.3 Å². The molecule has 0 spiro atoms. The van der Waals surface area contributed by atoms with Crippen molar-refractivity contribution in [2.45, 2.75) is 53.1 Å². The van der Waals surface area contributed by atoms with E-state index in [2.05, 4.69) is 15.6 Å². The molecule has 1 aromatic rings. The molecular formula is C16H25N5O3. The molecule has 1 aliphatic rings. The van der Waals surface area contributed by atoms with Crippen LogP contribution in [-0.2, 0) is 27.5 Å². The van der Waals surface area contributed by atoms with Gasteiger partial charge in [0.25, 0.3) is 0 Å². The van der Waals surface area contributed by atoms with Gasteiger partial charge in [-0.1, -0.05) is 26.0 Å². The van der Waals surface area contributed by atoms with Gasteiger partial charge >= 0.3 is 0 Å². The highest BCUT2D eigenvalue weighted by Gasteiger charge is 2.37. The molecule has 0 bridgehead atoms. The van der Waals surface area contributed by atoms with Gasteiger partial charge in [0.15, 0.2) is 0 Å². The third-order valence-corrected chi connectivity index (χ3v) is 4.01. The molecule has 8 nitrogen and oxygen atoms in total. The van der Waals surface area contributed by atoms with Crippen molar-refractivity contribution >= 4 is 17.7 Å². The Morgan fingerprint density at radius 1 is 1.42 bits per heavy atom. The molecule has 0 aliphatic carbocycles. The predicted octanol–water partition coefficient (Wildman–Crippen LogP) is 0.726. The van der Waals surface area contributed by atoms with Crippen LogP contribution in [0, 0.1) is 11.8 Å². The number of nitrogens with one attached hydrogen (secondary N) is 1. The van der Waals surface area contributed by atoms with Gasteiger partial charge in [-0.05, 0) is 12.3 Å². The van der Waals surface area contributed by atoms with Crippen LogP contribution in [-0.4, -0.2) is 44.2 Å². The first kappa shape index (κ1) is 18.1. The van der Waals surface area contributed by atoms with Crippen molar-refractivity contribution in [3.05, 3.63) is 11.9 Å². The van der Waals surface area contributed by atoms with Crippen LogP contribution in [0.3, 0.4) is 0 Å². The maximum Gasteiger partial charge on any atom is 0.233 e. The number of aryl methyl sites for hydroxylation is 1. The van der Waals surface area contributed by atoms with E-state index >= 15 is 0 Å². The Morgan fingerprint density at radius 2 is 2.17 bits per heavy atom. The van der Waals surface area contributed by atoms with E-state index in [1.165, 1.54) is 4.90 Å². The molecule has 1 aliphatic heterocycles. The highest BCUT2D eigenvalue weighted by Crippen LogP contribution is 2.23. The first-order valence-electron chi connectivity index (χ1n) is 8.40. The molecule has 1 N–H and O–H groups in total. The first-order valence-corrected chi connectivity index (χ1v) is 8.40. The van der Waals surface area contributed by atoms with Crippen molar-refractivity contribution in [1.29, 1.82) is 0 Å². The molecule has 0 saturated carbocycles. The van der Waals surface area contributed by atoms with Crippen molar-refractivity contribution in [2.24, 2.45) is 11.8 Å². The Kier molecular flexibility index (Phi) is 6.05. The maximum atomic E-state index is 12.1. The van der Waals surface area contributed by atoms with Gasteiger partial charge in [0.2, 0.25) is 17.7 Å². The van der Waals surface area contributed by atoms with Crippen LogP contribution in [0.1, 0.15) is 45.7 Å². The summed E-state index contributed by atoms with van der Waals surface area (Å²) < 4.78 is 1.56. The number of nitrogens with zero attached hydrogens (tertiary/aromatic N) is 4. The van der Waals surface area contributed by atoms with Gasteiger partial charge in [-0.3, -0.25) is 24.0 Å². The molecule has 2 heterocycles. The van der Waals surface area contributed by atoms with Crippen molar-refractivity contribution in [3.63, 3.8) is 0 Å². The number of aromatic nitrogens is 3. The van der Waals surface area contributed by atoms with Crippen molar-refractivity contribution in [3.8, 4) is 0 Å². The molecule has 1 aromatic heterocycles. The molecule has 0 radical (unpaired) electrons. The minimum atomic E-state index is -0.211. The molecular weight excluding hydrogens is 310 g/mol. The summed E-state index contributed by atoms with van der Waals surface area (Å²) in [4.78, 5) is 36.9. The molecule has 0 aromatic carbocycles. The lowest BCUT2D eigenvalue weighted by Crippen LogP contribution is -2.30. The SMILES string of the molecule is CCC1CC(=O)N(Cc2cn(CCC(=O)NCC(C)C)nn2)C1=O. The zero-order valence-corrected chi connectivity index (χ0v) is 14.5. The van der Waals surface area contributed by atoms with Gasteiger partial charge in [-0.25, -0.2) is 0 Å². The number of hydrogen-bond acceptors (Lipinski definition) is 5. The Balaban J connectivity index is 1.84. The zero-order chi connectivity index (χ0) is 17.7. The molecule has 3 amide bonds. The van der Waals surface area contributed by atoms with Crippen LogP contribution in [0.4, 0.5) is 0 Å². The van der Waals surface area contributed by atoms with Gasteiger partial charge in [-0.15, -0.1) is 5.10 Å². The fourth-order valence-corrected chi connectivity index (χ4v) is 2.54. The Hall–Kier alpha value is -2.25. The van der Waals surface area contributed by atoms with Crippen LogP contribution in [0.2, 0.25) is 0 Å². The summed E-state index contributed by atoms with van der Waals surface area (Å²) in [5.74, 6) is -0.123. The van der Waals surface area contributed by atoms with Gasteiger partial charge in [0.1, 0.15) is 5.69 Å². The average Bonchev–Trinajstić information content (AvgIpc) is 3.10. The summed E-state index contributed by atoms with van der Waals surface area (Å²) >= 11 is 0. The van der Waals surface area contributed by atoms with Crippen LogP contribution < -0.4 is 5.32 Å². The standard InChI is InChI=1S/C16H25N5O3/c1-4-12-7-15(23)21(16(12)24)10-13-9-20(19-18-13)6-5-14(22)17-8-11(2)3/h9,11-12H,4-8,10H2,1-3H3,(H,17,22). The minimum absolute atomic E-state index is 0.0311. The van der Waals surface area contributed by atoms with Crippen LogP contribution in [0.5, 0.6) is 0 Å². The van der Waals surface area contributed by atoms with E-state index in [4.69, 9.17) is 0 Å². The second kappa shape index (κ2) is 8.03. The first-order chi connectivity index (χ1) is 11.4. The summed E-state index contributed by atoms with van der Waals surface area (Å²) in [7, 11) is 0. The number of carbonyl (C=O) groups excluding carboxylic acids is 3. The normalized spacial score (nSPS) is 17.8. The lowest BCUT2D eigenvalue weighted by molar-refractivity contribution is -0.140. The van der Waals surface area contributed by atoms with E-state index in [1.54, 1.807) is 10.9 Å². The minimum Gasteiger partial charge on any atom is -0.356 e. The number of likely N-dealkylation sites (tertiary alicyclic amines) is 1. The highest BCUT2D eigenvalue weighted by molar-refractivity contribution is 6.03. The topological polar surface area (TPSA) is 97.2 Å². The number of carbonyl (C=O) groups is 3. The lowest BCUT2D eigenvalue weighted by atomic mass is 10.1. The smallest absolute Gasteiger partial charge is 0.233 e. The number of rotatable bonds is 8. The fourth-order valence-electron chi connectivity index (χ4n) is 2.54. The monoisotopic (exact) mass is 335 g/mol. The summed E-state index contributed by atoms with van der Waals surface area (Å²) in [6.07, 6.45) is 2.93. The number of hydrogen-bond donors (Lipinski definition) is 1. The quantitative estimate of drug-likeness (QED) is 0.706. The molecule has 2 rings (SSSR count). The van der Waals surface area contributed by atoms with Crippen LogP contribution in [0.25, 0.3) is 0 Å². The molecule has 1 unspecified atom stereocenters. The second-order valence-corrected chi connectivity index (χ2v) is 6.55. The van der Waals surface area contributed by atoms with Gasteiger partial charge < -0.3 is 5.32 Å². The summed E-state index contributed by atoms with van der Waals surface area (Å²) in [6, 6.07) is 0. The Bertz CT molecular complexity index is 611. The summed E-state index contributed by atoms with van der Waals surface area (Å²) in [6.45, 7) is 7.19. The van der Waals surface area contributed by atoms with E-state index in [0.717, 1.165) is 0 Å². The molecule has 24 heavy (non-hydrogen) atoms. The fraction of sp³-hybridized carbons (Fsp3) is 0.688. The zero-order valence-electron chi connectivity index (χ0n) is 14.5. The van der Waals surface area contributed by atoms with Gasteiger partial charge in [-0.2, -0.15) is 0 Å². The Morgan fingerprint density at radius 3 is 2.79 bits per heavy atom. The average molecular weight is 335 g/mol. The van der Waals surface area contributed by atoms with Gasteiger partial charge in [0, 0.05) is 25.3 Å². The van der Waals surface area contributed by atoms with Crippen molar-refractivity contribution in [1.82, 2.24) is 25.2 Å². The number of amides is 3. The highest BCUT2D eigenvalue weighted by atomic mass is 16.2. The molecule has 132 valence electrons. The molecule has 1 fully saturated rings. The third-order valence-electron chi connectivity index (χ3n) is 4.01. The molecule has 1 atom stereocenters. The van der Waals surface area contributed by atoms with Crippen molar-refractivity contribution in [2.75, 3.05) is 6.54 Å². The van der Waals surface area contributed by atoms with E-state index in [1.807, 2.05) is 20.8 Å².